The second kappa shape index (κ2) is 5.90. The number of anilines is 1. The Labute approximate surface area is 107 Å². The first kappa shape index (κ1) is 15.3. The Morgan fingerprint density at radius 1 is 1.32 bits per heavy atom. The Kier molecular flexibility index (Phi) is 4.74. The first-order valence-electron chi connectivity index (χ1n) is 5.48. The molecule has 1 rings (SSSR count). The average Bonchev–Trinajstić information content (AvgIpc) is 2.28. The summed E-state index contributed by atoms with van der Waals surface area (Å²) < 4.78 is 53.2. The molecule has 0 heterocycles. The van der Waals surface area contributed by atoms with E-state index < -0.39 is 18.3 Å². The molecule has 106 valence electrons. The third-order valence-corrected chi connectivity index (χ3v) is 2.13. The number of rotatable bonds is 5. The van der Waals surface area contributed by atoms with Gasteiger partial charge >= 0.3 is 12.5 Å². The number of halogens is 4. The fourth-order valence-corrected chi connectivity index (χ4v) is 1.13. The van der Waals surface area contributed by atoms with Crippen molar-refractivity contribution in [2.24, 2.45) is 5.92 Å². The third-order valence-electron chi connectivity index (χ3n) is 2.13. The van der Waals surface area contributed by atoms with Gasteiger partial charge in [-0.1, -0.05) is 19.9 Å². The van der Waals surface area contributed by atoms with Crippen molar-refractivity contribution >= 4 is 11.6 Å². The molecule has 3 nitrogen and oxygen atoms in total. The van der Waals surface area contributed by atoms with Crippen molar-refractivity contribution in [1.29, 1.82) is 0 Å². The molecule has 1 N–H and O–H groups in total. The maximum Gasteiger partial charge on any atom is 0.461 e. The van der Waals surface area contributed by atoms with E-state index in [1.165, 1.54) is 12.1 Å². The Morgan fingerprint density at radius 3 is 2.47 bits per heavy atom. The van der Waals surface area contributed by atoms with E-state index in [-0.39, 0.29) is 17.5 Å². The summed E-state index contributed by atoms with van der Waals surface area (Å²) in [4.78, 5) is 11.4. The van der Waals surface area contributed by atoms with Gasteiger partial charge in [0.1, 0.15) is 5.75 Å². The van der Waals surface area contributed by atoms with Gasteiger partial charge in [0.2, 0.25) is 5.91 Å². The van der Waals surface area contributed by atoms with Gasteiger partial charge in [-0.15, -0.1) is 0 Å². The predicted octanol–water partition coefficient (Wildman–Crippen LogP) is 3.52. The minimum Gasteiger partial charge on any atom is -0.428 e. The van der Waals surface area contributed by atoms with Crippen molar-refractivity contribution in [2.75, 3.05) is 5.32 Å². The van der Waals surface area contributed by atoms with Gasteiger partial charge in [0.15, 0.2) is 0 Å². The Bertz CT molecular complexity index is 449. The molecule has 0 aliphatic heterocycles. The fraction of sp³-hybridized carbons (Fsp3) is 0.417. The lowest BCUT2D eigenvalue weighted by Crippen LogP contribution is -2.33. The molecule has 1 aromatic rings. The van der Waals surface area contributed by atoms with Crippen molar-refractivity contribution < 1.29 is 27.1 Å². The van der Waals surface area contributed by atoms with Crippen LogP contribution in [-0.2, 0) is 4.79 Å². The smallest absolute Gasteiger partial charge is 0.428 e. The lowest BCUT2D eigenvalue weighted by molar-refractivity contribution is -0.253. The monoisotopic (exact) mass is 279 g/mol. The number of benzene rings is 1. The summed E-state index contributed by atoms with van der Waals surface area (Å²) in [5.74, 6) is -1.07. The summed E-state index contributed by atoms with van der Waals surface area (Å²) in [6, 6.07) is 4.90. The van der Waals surface area contributed by atoms with Crippen LogP contribution in [0.4, 0.5) is 23.2 Å². The molecule has 0 bridgehead atoms. The van der Waals surface area contributed by atoms with E-state index in [9.17, 15) is 22.4 Å². The Morgan fingerprint density at radius 2 is 1.95 bits per heavy atom. The molecule has 0 unspecified atom stereocenters. The highest BCUT2D eigenvalue weighted by molar-refractivity contribution is 5.92. The Balaban J connectivity index is 2.80. The number of carbonyl (C=O) groups is 1. The van der Waals surface area contributed by atoms with Gasteiger partial charge in [-0.25, -0.2) is 0 Å². The molecule has 1 aromatic carbocycles. The van der Waals surface area contributed by atoms with E-state index in [2.05, 4.69) is 10.1 Å². The summed E-state index contributed by atoms with van der Waals surface area (Å²) in [6.45, 7) is 3.31. The lowest BCUT2D eigenvalue weighted by Gasteiger charge is -2.17. The van der Waals surface area contributed by atoms with Gasteiger partial charge in [-0.3, -0.25) is 4.79 Å². The van der Waals surface area contributed by atoms with Gasteiger partial charge in [0.05, 0.1) is 0 Å². The molecule has 0 aliphatic carbocycles. The van der Waals surface area contributed by atoms with Crippen molar-refractivity contribution in [3.8, 4) is 5.75 Å². The highest BCUT2D eigenvalue weighted by Gasteiger charge is 2.43. The van der Waals surface area contributed by atoms with Crippen LogP contribution in [0.5, 0.6) is 5.75 Å². The van der Waals surface area contributed by atoms with E-state index in [0.29, 0.717) is 0 Å². The molecule has 1 amide bonds. The molecular weight excluding hydrogens is 266 g/mol. The Hall–Kier alpha value is -1.79. The first-order valence-corrected chi connectivity index (χ1v) is 5.48. The van der Waals surface area contributed by atoms with Crippen LogP contribution in [0.25, 0.3) is 0 Å². The van der Waals surface area contributed by atoms with E-state index in [1.807, 2.05) is 0 Å². The minimum atomic E-state index is -4.57. The van der Waals surface area contributed by atoms with Crippen LogP contribution < -0.4 is 10.1 Å². The quantitative estimate of drug-likeness (QED) is 0.837. The van der Waals surface area contributed by atoms with Crippen LogP contribution in [0.1, 0.15) is 13.8 Å². The minimum absolute atomic E-state index is 0.196. The maximum atomic E-state index is 12.7. The van der Waals surface area contributed by atoms with Crippen LogP contribution in [-0.4, -0.2) is 18.4 Å². The van der Waals surface area contributed by atoms with Crippen molar-refractivity contribution in [1.82, 2.24) is 0 Å². The van der Waals surface area contributed by atoms with E-state index in [4.69, 9.17) is 0 Å². The van der Waals surface area contributed by atoms with Gasteiger partial charge < -0.3 is 10.1 Å². The van der Waals surface area contributed by atoms with Crippen LogP contribution in [0, 0.1) is 5.92 Å². The molecule has 7 heteroatoms. The normalized spacial score (nSPS) is 11.8. The molecule has 0 atom stereocenters. The zero-order chi connectivity index (χ0) is 14.6. The molecule has 0 radical (unpaired) electrons. The van der Waals surface area contributed by atoms with Crippen molar-refractivity contribution in [3.63, 3.8) is 0 Å². The summed E-state index contributed by atoms with van der Waals surface area (Å²) in [5, 5.41) is 2.45. The second-order valence-electron chi connectivity index (χ2n) is 4.14. The average molecular weight is 279 g/mol. The fourth-order valence-electron chi connectivity index (χ4n) is 1.13. The molecule has 0 fully saturated rings. The molecular formula is C12H13F4NO2. The van der Waals surface area contributed by atoms with Crippen LogP contribution in [0.3, 0.4) is 0 Å². The summed E-state index contributed by atoms with van der Waals surface area (Å²) >= 11 is 0. The number of hydrogen-bond acceptors (Lipinski definition) is 2. The molecule has 0 aromatic heterocycles. The van der Waals surface area contributed by atoms with Crippen molar-refractivity contribution in [3.05, 3.63) is 24.3 Å². The zero-order valence-electron chi connectivity index (χ0n) is 10.3. The van der Waals surface area contributed by atoms with Crippen LogP contribution >= 0.6 is 0 Å². The maximum absolute atomic E-state index is 12.7. The SMILES string of the molecule is CC(C)C(=O)Nc1cccc(OC(F)(F)C(F)F)c1. The molecule has 0 saturated carbocycles. The highest BCUT2D eigenvalue weighted by Crippen LogP contribution is 2.28. The first-order chi connectivity index (χ1) is 8.72. The lowest BCUT2D eigenvalue weighted by atomic mass is 10.2. The number of nitrogens with one attached hydrogen (secondary N) is 1. The largest absolute Gasteiger partial charge is 0.461 e. The standard InChI is InChI=1S/C12H13F4NO2/c1-7(2)10(18)17-8-4-3-5-9(6-8)19-12(15,16)11(13)14/h3-7,11H,1-2H3,(H,17,18). The molecule has 0 spiro atoms. The molecule has 0 aliphatic rings. The number of hydrogen-bond donors (Lipinski definition) is 1. The zero-order valence-corrected chi connectivity index (χ0v) is 10.3. The van der Waals surface area contributed by atoms with Crippen LogP contribution in [0.15, 0.2) is 24.3 Å². The van der Waals surface area contributed by atoms with E-state index in [0.717, 1.165) is 12.1 Å². The number of ether oxygens (including phenoxy) is 1. The summed E-state index contributed by atoms with van der Waals surface area (Å²) in [5.41, 5.74) is 0.196. The van der Waals surface area contributed by atoms with Gasteiger partial charge in [-0.05, 0) is 12.1 Å². The van der Waals surface area contributed by atoms with Crippen molar-refractivity contribution in [2.45, 2.75) is 26.4 Å². The number of carbonyl (C=O) groups excluding carboxylic acids is 1. The van der Waals surface area contributed by atoms with Crippen LogP contribution in [0.2, 0.25) is 0 Å². The third kappa shape index (κ3) is 4.42. The van der Waals surface area contributed by atoms with Gasteiger partial charge in [-0.2, -0.15) is 17.6 Å². The second-order valence-corrected chi connectivity index (χ2v) is 4.14. The van der Waals surface area contributed by atoms with Gasteiger partial charge in [0, 0.05) is 17.7 Å². The summed E-state index contributed by atoms with van der Waals surface area (Å²) in [7, 11) is 0. The summed E-state index contributed by atoms with van der Waals surface area (Å²) in [6.07, 6.45) is -8.50. The predicted molar refractivity (Wildman–Crippen MR) is 61.5 cm³/mol. The molecule has 0 saturated heterocycles. The topological polar surface area (TPSA) is 38.3 Å². The molecule has 19 heavy (non-hydrogen) atoms. The van der Waals surface area contributed by atoms with E-state index >= 15 is 0 Å². The number of amides is 1. The highest BCUT2D eigenvalue weighted by atomic mass is 19.3. The van der Waals surface area contributed by atoms with Gasteiger partial charge in [0.25, 0.3) is 0 Å². The van der Waals surface area contributed by atoms with E-state index in [1.54, 1.807) is 13.8 Å². The number of alkyl halides is 4.